The third-order valence-corrected chi connectivity index (χ3v) is 6.62. The number of nitrogens with zero attached hydrogens (tertiary/aromatic N) is 1. The quantitative estimate of drug-likeness (QED) is 0.579. The molecule has 0 aliphatic rings. The van der Waals surface area contributed by atoms with E-state index in [1.54, 1.807) is 43.0 Å². The van der Waals surface area contributed by atoms with Gasteiger partial charge in [-0.3, -0.25) is 9.10 Å². The van der Waals surface area contributed by atoms with E-state index in [0.29, 0.717) is 18.0 Å². The molecule has 158 valence electrons. The van der Waals surface area contributed by atoms with Crippen LogP contribution < -0.4 is 14.4 Å². The van der Waals surface area contributed by atoms with Crippen molar-refractivity contribution in [3.05, 3.63) is 59.7 Å². The van der Waals surface area contributed by atoms with E-state index in [0.717, 1.165) is 22.1 Å². The van der Waals surface area contributed by atoms with Crippen molar-refractivity contribution in [2.75, 3.05) is 30.0 Å². The summed E-state index contributed by atoms with van der Waals surface area (Å²) in [6, 6.07) is 14.1. The summed E-state index contributed by atoms with van der Waals surface area (Å²) in [5.74, 6) is 1.90. The number of amides is 1. The van der Waals surface area contributed by atoms with Crippen LogP contribution in [0.25, 0.3) is 0 Å². The molecule has 0 aliphatic carbocycles. The second-order valence-electron chi connectivity index (χ2n) is 6.76. The van der Waals surface area contributed by atoms with Crippen LogP contribution in [-0.4, -0.2) is 46.0 Å². The summed E-state index contributed by atoms with van der Waals surface area (Å²) < 4.78 is 30.8. The number of methoxy groups -OCH3 is 1. The number of carbonyl (C=O) groups excluding carboxylic acids is 1. The minimum atomic E-state index is -3.63. The van der Waals surface area contributed by atoms with Crippen molar-refractivity contribution in [1.29, 1.82) is 0 Å². The predicted octanol–water partition coefficient (Wildman–Crippen LogP) is 3.21. The van der Waals surface area contributed by atoms with Gasteiger partial charge in [0.05, 0.1) is 19.1 Å². The van der Waals surface area contributed by atoms with Crippen molar-refractivity contribution >= 4 is 33.4 Å². The normalized spacial score (nSPS) is 12.3. The maximum Gasteiger partial charge on any atom is 0.243 e. The molecule has 2 rings (SSSR count). The van der Waals surface area contributed by atoms with Gasteiger partial charge in [0.15, 0.2) is 0 Å². The summed E-state index contributed by atoms with van der Waals surface area (Å²) in [5, 5.41) is 2.83. The number of rotatable bonds is 10. The molecule has 1 atom stereocenters. The van der Waals surface area contributed by atoms with E-state index in [1.807, 2.05) is 0 Å². The number of carbonyl (C=O) groups is 1. The largest absolute Gasteiger partial charge is 0.497 e. The highest BCUT2D eigenvalue weighted by atomic mass is 32.2. The van der Waals surface area contributed by atoms with E-state index >= 15 is 0 Å². The molecule has 0 aliphatic heterocycles. The van der Waals surface area contributed by atoms with Crippen molar-refractivity contribution in [2.24, 2.45) is 0 Å². The Hall–Kier alpha value is -2.19. The number of ether oxygens (including phenoxy) is 1. The molecule has 0 saturated carbocycles. The Kier molecular flexibility index (Phi) is 8.40. The van der Waals surface area contributed by atoms with Crippen LogP contribution >= 0.6 is 11.8 Å². The van der Waals surface area contributed by atoms with Crippen LogP contribution in [0.15, 0.2) is 48.5 Å². The van der Waals surface area contributed by atoms with Crippen LogP contribution in [-0.2, 0) is 20.6 Å². The Morgan fingerprint density at radius 1 is 1.14 bits per heavy atom. The Bertz CT molecular complexity index is 897. The number of hydrogen-bond donors (Lipinski definition) is 1. The van der Waals surface area contributed by atoms with E-state index in [4.69, 9.17) is 4.74 Å². The van der Waals surface area contributed by atoms with E-state index in [9.17, 15) is 13.2 Å². The third kappa shape index (κ3) is 6.97. The Morgan fingerprint density at radius 3 is 2.31 bits per heavy atom. The minimum Gasteiger partial charge on any atom is -0.497 e. The third-order valence-electron chi connectivity index (χ3n) is 4.35. The van der Waals surface area contributed by atoms with Gasteiger partial charge in [-0.1, -0.05) is 29.8 Å². The predicted molar refractivity (Wildman–Crippen MR) is 120 cm³/mol. The Labute approximate surface area is 177 Å². The number of aryl methyl sites for hydroxylation is 1. The summed E-state index contributed by atoms with van der Waals surface area (Å²) in [7, 11) is -2.09. The van der Waals surface area contributed by atoms with E-state index in [1.165, 1.54) is 18.2 Å². The molecule has 0 unspecified atom stereocenters. The molecular weight excluding hydrogens is 408 g/mol. The fourth-order valence-corrected chi connectivity index (χ4v) is 4.80. The fourth-order valence-electron chi connectivity index (χ4n) is 2.81. The first kappa shape index (κ1) is 23.1. The van der Waals surface area contributed by atoms with Gasteiger partial charge in [-0.05, 0) is 43.7 Å². The molecule has 0 bridgehead atoms. The molecule has 2 aromatic rings. The lowest BCUT2D eigenvalue weighted by Gasteiger charge is -2.28. The van der Waals surface area contributed by atoms with Gasteiger partial charge < -0.3 is 10.1 Å². The van der Waals surface area contributed by atoms with Gasteiger partial charge in [-0.2, -0.15) is 11.8 Å². The van der Waals surface area contributed by atoms with Crippen LogP contribution in [0.5, 0.6) is 5.75 Å². The second kappa shape index (κ2) is 10.5. The summed E-state index contributed by atoms with van der Waals surface area (Å²) in [6.45, 7) is 4.11. The summed E-state index contributed by atoms with van der Waals surface area (Å²) in [5.41, 5.74) is 2.89. The lowest BCUT2D eigenvalue weighted by molar-refractivity contribution is -0.121. The fraction of sp³-hybridized carbons (Fsp3) is 0.381. The second-order valence-corrected chi connectivity index (χ2v) is 9.73. The first-order valence-corrected chi connectivity index (χ1v) is 12.3. The maximum absolute atomic E-state index is 12.5. The van der Waals surface area contributed by atoms with Gasteiger partial charge in [0.25, 0.3) is 0 Å². The lowest BCUT2D eigenvalue weighted by atomic mass is 10.2. The number of nitrogens with one attached hydrogen (secondary N) is 1. The molecular formula is C21H28N2O4S2. The van der Waals surface area contributed by atoms with Gasteiger partial charge in [-0.25, -0.2) is 8.42 Å². The Balaban J connectivity index is 1.90. The van der Waals surface area contributed by atoms with Crippen molar-refractivity contribution in [3.8, 4) is 5.75 Å². The SMILES string of the molecule is COc1ccc(N([C@H](C)C(=O)NCCSCc2ccc(C)cc2)S(C)(=O)=O)cc1. The van der Waals surface area contributed by atoms with Gasteiger partial charge >= 0.3 is 0 Å². The standard InChI is InChI=1S/C21H28N2O4S2/c1-16-5-7-18(8-6-16)15-28-14-13-22-21(24)17(2)23(29(4,25)26)19-9-11-20(27-3)12-10-19/h5-12,17H,13-15H2,1-4H3,(H,22,24)/t17-/m1/s1. The number of anilines is 1. The van der Waals surface area contributed by atoms with Crippen molar-refractivity contribution in [1.82, 2.24) is 5.32 Å². The van der Waals surface area contributed by atoms with Crippen LogP contribution in [0, 0.1) is 6.92 Å². The van der Waals surface area contributed by atoms with Crippen molar-refractivity contribution in [2.45, 2.75) is 25.6 Å². The smallest absolute Gasteiger partial charge is 0.243 e. The first-order chi connectivity index (χ1) is 13.7. The van der Waals surface area contributed by atoms with Gasteiger partial charge in [0.1, 0.15) is 11.8 Å². The molecule has 0 fully saturated rings. The zero-order chi connectivity index (χ0) is 21.4. The number of hydrogen-bond acceptors (Lipinski definition) is 5. The number of sulfonamides is 1. The molecule has 1 amide bonds. The molecule has 0 heterocycles. The van der Waals surface area contributed by atoms with Crippen molar-refractivity contribution in [3.63, 3.8) is 0 Å². The van der Waals surface area contributed by atoms with E-state index in [-0.39, 0.29) is 5.91 Å². The molecule has 29 heavy (non-hydrogen) atoms. The average Bonchev–Trinajstić information content (AvgIpc) is 2.68. The topological polar surface area (TPSA) is 75.7 Å². The van der Waals surface area contributed by atoms with E-state index < -0.39 is 16.1 Å². The zero-order valence-electron chi connectivity index (χ0n) is 17.2. The maximum atomic E-state index is 12.5. The van der Waals surface area contributed by atoms with Gasteiger partial charge in [0.2, 0.25) is 15.9 Å². The lowest BCUT2D eigenvalue weighted by Crippen LogP contribution is -2.48. The van der Waals surface area contributed by atoms with Crippen molar-refractivity contribution < 1.29 is 17.9 Å². The number of thioether (sulfide) groups is 1. The summed E-state index contributed by atoms with van der Waals surface area (Å²) in [4.78, 5) is 12.5. The van der Waals surface area contributed by atoms with Crippen LogP contribution in [0.4, 0.5) is 5.69 Å². The zero-order valence-corrected chi connectivity index (χ0v) is 18.8. The molecule has 8 heteroatoms. The highest BCUT2D eigenvalue weighted by Crippen LogP contribution is 2.23. The summed E-state index contributed by atoms with van der Waals surface area (Å²) in [6.07, 6.45) is 1.10. The van der Waals surface area contributed by atoms with Crippen LogP contribution in [0.2, 0.25) is 0 Å². The molecule has 0 aromatic heterocycles. The van der Waals surface area contributed by atoms with Gasteiger partial charge in [-0.15, -0.1) is 0 Å². The molecule has 1 N–H and O–H groups in total. The highest BCUT2D eigenvalue weighted by molar-refractivity contribution is 7.98. The molecule has 0 spiro atoms. The minimum absolute atomic E-state index is 0.331. The van der Waals surface area contributed by atoms with Crippen LogP contribution in [0.1, 0.15) is 18.1 Å². The average molecular weight is 437 g/mol. The monoisotopic (exact) mass is 436 g/mol. The molecule has 0 radical (unpaired) electrons. The van der Waals surface area contributed by atoms with E-state index in [2.05, 4.69) is 36.5 Å². The summed E-state index contributed by atoms with van der Waals surface area (Å²) >= 11 is 1.72. The molecule has 0 saturated heterocycles. The Morgan fingerprint density at radius 2 is 1.76 bits per heavy atom. The van der Waals surface area contributed by atoms with Crippen LogP contribution in [0.3, 0.4) is 0 Å². The molecule has 2 aromatic carbocycles. The highest BCUT2D eigenvalue weighted by Gasteiger charge is 2.28. The first-order valence-electron chi connectivity index (χ1n) is 9.27. The molecule has 6 nitrogen and oxygen atoms in total. The number of benzene rings is 2. The van der Waals surface area contributed by atoms with Gasteiger partial charge in [0, 0.05) is 18.1 Å².